The van der Waals surface area contributed by atoms with Gasteiger partial charge in [-0.15, -0.1) is 10.2 Å². The molecule has 0 spiro atoms. The normalized spacial score (nSPS) is 15.4. The molecule has 34 heavy (non-hydrogen) atoms. The van der Waals surface area contributed by atoms with Gasteiger partial charge >= 0.3 is 0 Å². The van der Waals surface area contributed by atoms with Crippen LogP contribution in [-0.2, 0) is 22.4 Å². The largest absolute Gasteiger partial charge is 0.496 e. The van der Waals surface area contributed by atoms with Crippen molar-refractivity contribution in [3.63, 3.8) is 0 Å². The minimum Gasteiger partial charge on any atom is -0.496 e. The predicted octanol–water partition coefficient (Wildman–Crippen LogP) is 3.98. The molecule has 0 unspecified atom stereocenters. The van der Waals surface area contributed by atoms with Crippen molar-refractivity contribution in [2.24, 2.45) is 0 Å². The molecule has 1 N–H and O–H groups in total. The molecular formula is C25H29FN4O3S. The molecule has 1 fully saturated rings. The molecule has 0 radical (unpaired) electrons. The van der Waals surface area contributed by atoms with E-state index in [-0.39, 0.29) is 17.8 Å². The molecule has 1 saturated heterocycles. The van der Waals surface area contributed by atoms with Crippen LogP contribution in [0.25, 0.3) is 5.69 Å². The topological polar surface area (TPSA) is 78.3 Å². The lowest BCUT2D eigenvalue weighted by Crippen LogP contribution is -2.26. The van der Waals surface area contributed by atoms with Crippen molar-refractivity contribution in [2.75, 3.05) is 26.0 Å². The number of para-hydroxylation sites is 2. The Hall–Kier alpha value is -2.91. The van der Waals surface area contributed by atoms with E-state index in [0.29, 0.717) is 42.5 Å². The molecule has 0 bridgehead atoms. The van der Waals surface area contributed by atoms with Gasteiger partial charge in [-0.3, -0.25) is 9.36 Å². The van der Waals surface area contributed by atoms with Gasteiger partial charge in [0.2, 0.25) is 5.91 Å². The van der Waals surface area contributed by atoms with Gasteiger partial charge in [0.15, 0.2) is 5.16 Å². The Balaban J connectivity index is 1.38. The van der Waals surface area contributed by atoms with Crippen molar-refractivity contribution in [3.05, 3.63) is 65.7 Å². The fraction of sp³-hybridized carbons (Fsp3) is 0.400. The Kier molecular flexibility index (Phi) is 8.54. The minimum absolute atomic E-state index is 0.0594. The molecule has 3 aromatic rings. The summed E-state index contributed by atoms with van der Waals surface area (Å²) in [5.74, 6) is 1.72. The third-order valence-corrected chi connectivity index (χ3v) is 6.76. The van der Waals surface area contributed by atoms with E-state index in [1.54, 1.807) is 29.9 Å². The number of nitrogens with one attached hydrogen (secondary N) is 1. The number of aryl methyl sites for hydroxylation is 1. The number of benzene rings is 2. The molecule has 4 rings (SSSR count). The first-order valence-electron chi connectivity index (χ1n) is 11.5. The van der Waals surface area contributed by atoms with E-state index in [4.69, 9.17) is 9.47 Å². The second kappa shape index (κ2) is 12.0. The van der Waals surface area contributed by atoms with Crippen molar-refractivity contribution in [1.82, 2.24) is 20.1 Å². The summed E-state index contributed by atoms with van der Waals surface area (Å²) in [6.07, 6.45) is 3.64. The number of rotatable bonds is 11. The van der Waals surface area contributed by atoms with Crippen molar-refractivity contribution >= 4 is 17.7 Å². The van der Waals surface area contributed by atoms with Crippen LogP contribution in [0.15, 0.2) is 53.7 Å². The summed E-state index contributed by atoms with van der Waals surface area (Å²) >= 11 is 1.52. The lowest BCUT2D eigenvalue weighted by Gasteiger charge is -2.13. The van der Waals surface area contributed by atoms with Gasteiger partial charge in [0.1, 0.15) is 17.4 Å². The Bertz CT molecular complexity index is 1100. The van der Waals surface area contributed by atoms with Crippen LogP contribution in [0.3, 0.4) is 0 Å². The average molecular weight is 485 g/mol. The van der Waals surface area contributed by atoms with Gasteiger partial charge in [-0.1, -0.05) is 42.1 Å². The van der Waals surface area contributed by atoms with Gasteiger partial charge in [-0.25, -0.2) is 4.39 Å². The van der Waals surface area contributed by atoms with Crippen molar-refractivity contribution in [3.8, 4) is 11.4 Å². The predicted molar refractivity (Wildman–Crippen MR) is 129 cm³/mol. The van der Waals surface area contributed by atoms with Gasteiger partial charge < -0.3 is 14.8 Å². The second-order valence-electron chi connectivity index (χ2n) is 8.04. The number of amides is 1. The van der Waals surface area contributed by atoms with Gasteiger partial charge in [-0.05, 0) is 43.0 Å². The second-order valence-corrected chi connectivity index (χ2v) is 9.03. The molecule has 1 atom stereocenters. The van der Waals surface area contributed by atoms with Crippen LogP contribution >= 0.6 is 11.8 Å². The highest BCUT2D eigenvalue weighted by atomic mass is 32.2. The molecule has 180 valence electrons. The van der Waals surface area contributed by atoms with E-state index < -0.39 is 0 Å². The first kappa shape index (κ1) is 24.2. The summed E-state index contributed by atoms with van der Waals surface area (Å²) in [4.78, 5) is 12.4. The molecule has 1 aliphatic rings. The van der Waals surface area contributed by atoms with Crippen LogP contribution in [0, 0.1) is 5.82 Å². The van der Waals surface area contributed by atoms with E-state index >= 15 is 0 Å². The number of thioether (sulfide) groups is 1. The summed E-state index contributed by atoms with van der Waals surface area (Å²) in [5.41, 5.74) is 1.40. The van der Waals surface area contributed by atoms with Crippen LogP contribution < -0.4 is 10.1 Å². The minimum atomic E-state index is -0.344. The summed E-state index contributed by atoms with van der Waals surface area (Å²) in [7, 11) is 1.62. The lowest BCUT2D eigenvalue weighted by molar-refractivity contribution is -0.121. The number of ether oxygens (including phenoxy) is 2. The highest BCUT2D eigenvalue weighted by molar-refractivity contribution is 7.99. The zero-order valence-electron chi connectivity index (χ0n) is 19.2. The number of aromatic nitrogens is 3. The monoisotopic (exact) mass is 484 g/mol. The number of methoxy groups -OCH3 is 1. The Labute approximate surface area is 203 Å². The highest BCUT2D eigenvalue weighted by Gasteiger charge is 2.21. The molecule has 1 aromatic heterocycles. The van der Waals surface area contributed by atoms with Gasteiger partial charge in [-0.2, -0.15) is 0 Å². The fourth-order valence-corrected chi connectivity index (χ4v) is 4.96. The molecule has 2 heterocycles. The van der Waals surface area contributed by atoms with Gasteiger partial charge in [0.05, 0.1) is 18.9 Å². The van der Waals surface area contributed by atoms with Crippen LogP contribution in [-0.4, -0.2) is 52.8 Å². The maximum Gasteiger partial charge on any atom is 0.220 e. The van der Waals surface area contributed by atoms with Crippen LogP contribution in [0.2, 0.25) is 0 Å². The van der Waals surface area contributed by atoms with E-state index in [0.717, 1.165) is 36.5 Å². The molecule has 1 aliphatic heterocycles. The fourth-order valence-electron chi connectivity index (χ4n) is 3.93. The average Bonchev–Trinajstić information content (AvgIpc) is 3.52. The number of hydrogen-bond acceptors (Lipinski definition) is 6. The molecule has 2 aromatic carbocycles. The van der Waals surface area contributed by atoms with E-state index in [2.05, 4.69) is 15.5 Å². The standard InChI is InChI=1S/C25H29FN4O3S/c1-32-22-11-5-2-7-18(22)12-13-24(31)27-15-14-23-28-29-25(34-17-19-8-6-16-33-19)30(23)21-10-4-3-9-20(21)26/h2-5,7,9-11,19H,6,8,12-17H2,1H3,(H,27,31)/t19-/m0/s1. The lowest BCUT2D eigenvalue weighted by atomic mass is 10.1. The number of hydrogen-bond donors (Lipinski definition) is 1. The van der Waals surface area contributed by atoms with Gasteiger partial charge in [0, 0.05) is 31.7 Å². The first-order chi connectivity index (χ1) is 16.7. The SMILES string of the molecule is COc1ccccc1CCC(=O)NCCc1nnc(SC[C@@H]2CCCO2)n1-c1ccccc1F. The van der Waals surface area contributed by atoms with Crippen LogP contribution in [0.4, 0.5) is 4.39 Å². The summed E-state index contributed by atoms with van der Waals surface area (Å²) < 4.78 is 27.4. The van der Waals surface area contributed by atoms with Crippen LogP contribution in [0.5, 0.6) is 5.75 Å². The van der Waals surface area contributed by atoms with Crippen molar-refractivity contribution < 1.29 is 18.7 Å². The summed E-state index contributed by atoms with van der Waals surface area (Å²) in [5, 5.41) is 12.2. The molecule has 9 heteroatoms. The molecule has 0 saturated carbocycles. The third kappa shape index (κ3) is 6.15. The van der Waals surface area contributed by atoms with Crippen molar-refractivity contribution in [1.29, 1.82) is 0 Å². The van der Waals surface area contributed by atoms with Crippen LogP contribution in [0.1, 0.15) is 30.7 Å². The van der Waals surface area contributed by atoms with E-state index in [1.807, 2.05) is 24.3 Å². The first-order valence-corrected chi connectivity index (χ1v) is 12.5. The number of carbonyl (C=O) groups is 1. The molecular weight excluding hydrogens is 455 g/mol. The Morgan fingerprint density at radius 2 is 2.03 bits per heavy atom. The highest BCUT2D eigenvalue weighted by Crippen LogP contribution is 2.27. The van der Waals surface area contributed by atoms with E-state index in [9.17, 15) is 9.18 Å². The maximum absolute atomic E-state index is 14.6. The molecule has 1 amide bonds. The summed E-state index contributed by atoms with van der Waals surface area (Å²) in [6.45, 7) is 1.17. The smallest absolute Gasteiger partial charge is 0.220 e. The Morgan fingerprint density at radius 1 is 1.21 bits per heavy atom. The summed E-state index contributed by atoms with van der Waals surface area (Å²) in [6, 6.07) is 14.3. The maximum atomic E-state index is 14.6. The quantitative estimate of drug-likeness (QED) is 0.415. The van der Waals surface area contributed by atoms with E-state index in [1.165, 1.54) is 17.8 Å². The molecule has 0 aliphatic carbocycles. The number of carbonyl (C=O) groups excluding carboxylic acids is 1. The number of halogens is 1. The zero-order valence-corrected chi connectivity index (χ0v) is 20.0. The molecule has 7 nitrogen and oxygen atoms in total. The Morgan fingerprint density at radius 3 is 2.82 bits per heavy atom. The zero-order chi connectivity index (χ0) is 23.8. The number of nitrogens with zero attached hydrogens (tertiary/aromatic N) is 3. The van der Waals surface area contributed by atoms with Gasteiger partial charge in [0.25, 0.3) is 0 Å². The van der Waals surface area contributed by atoms with Crippen molar-refractivity contribution in [2.45, 2.75) is 43.4 Å². The third-order valence-electron chi connectivity index (χ3n) is 5.70.